The van der Waals surface area contributed by atoms with Crippen molar-refractivity contribution in [3.63, 3.8) is 0 Å². The fourth-order valence-electron chi connectivity index (χ4n) is 4.99. The monoisotopic (exact) mass is 945 g/mol. The first kappa shape index (κ1) is 35.0. The van der Waals surface area contributed by atoms with Crippen LogP contribution in [-0.4, -0.2) is 36.3 Å². The van der Waals surface area contributed by atoms with Crippen LogP contribution >= 0.6 is 72.4 Å². The van der Waals surface area contributed by atoms with E-state index in [1.54, 1.807) is 44.2 Å². The smallest absolute Gasteiger partial charge is 0.338 e. The minimum atomic E-state index is -0.850. The average Bonchev–Trinajstić information content (AvgIpc) is 3.33. The van der Waals surface area contributed by atoms with Crippen LogP contribution in [-0.2, 0) is 16.1 Å². The molecule has 11 nitrogen and oxygen atoms in total. The molecule has 0 N–H and O–H groups in total. The van der Waals surface area contributed by atoms with Gasteiger partial charge in [0.25, 0.3) is 11.2 Å². The van der Waals surface area contributed by atoms with Gasteiger partial charge in [-0.3, -0.25) is 19.5 Å². The number of carbonyl (C=O) groups is 1. The number of benzene rings is 3. The van der Waals surface area contributed by atoms with Crippen molar-refractivity contribution < 1.29 is 28.7 Å². The largest absolute Gasteiger partial charge is 0.493 e. The van der Waals surface area contributed by atoms with Crippen molar-refractivity contribution in [1.29, 1.82) is 0 Å². The number of non-ortho nitro benzene ring substituents is 1. The number of allylic oxidation sites excluding steroid dienone is 1. The van der Waals surface area contributed by atoms with E-state index in [-0.39, 0.29) is 30.0 Å². The molecule has 0 radical (unpaired) electrons. The maximum Gasteiger partial charge on any atom is 0.338 e. The zero-order chi connectivity index (χ0) is 34.0. The lowest BCUT2D eigenvalue weighted by Crippen LogP contribution is -2.40. The topological polar surface area (TPSA) is 131 Å². The standard InChI is InChI=1S/C32H26BrI2N3O8S/c1-5-45-31(40)27-16(2)36-32-37(28(27)20-13-24(43-3)25(44-4)14-21(20)33)30(39)26(47-32)12-18-10-22(34)29(23(35)11-18)46-15-17-6-8-19(9-7-17)38(41)42/h6-14,28H,5,15H2,1-4H3/b26-12-/t28-/m1/s1. The molecule has 0 aliphatic carbocycles. The summed E-state index contributed by atoms with van der Waals surface area (Å²) in [6, 6.07) is 12.6. The van der Waals surface area contributed by atoms with E-state index >= 15 is 0 Å². The predicted octanol–water partition coefficient (Wildman–Crippen LogP) is 6.27. The summed E-state index contributed by atoms with van der Waals surface area (Å²) in [4.78, 5) is 43.1. The van der Waals surface area contributed by atoms with Gasteiger partial charge in [0.1, 0.15) is 12.4 Å². The summed E-state index contributed by atoms with van der Waals surface area (Å²) in [7, 11) is 3.05. The number of esters is 1. The molecule has 0 saturated carbocycles. The van der Waals surface area contributed by atoms with E-state index in [2.05, 4.69) is 66.1 Å². The maximum atomic E-state index is 14.2. The third-order valence-corrected chi connectivity index (χ3v) is 10.4. The third kappa shape index (κ3) is 7.26. The molecule has 47 heavy (non-hydrogen) atoms. The van der Waals surface area contributed by atoms with Crippen molar-refractivity contribution >= 4 is 90.2 Å². The van der Waals surface area contributed by atoms with Crippen LogP contribution < -0.4 is 29.1 Å². The molecule has 15 heteroatoms. The number of hydrogen-bond donors (Lipinski definition) is 0. The highest BCUT2D eigenvalue weighted by molar-refractivity contribution is 14.1. The summed E-state index contributed by atoms with van der Waals surface area (Å²) in [6.07, 6.45) is 1.79. The van der Waals surface area contributed by atoms with Crippen LogP contribution in [0.1, 0.15) is 36.6 Å². The summed E-state index contributed by atoms with van der Waals surface area (Å²) >= 11 is 9.20. The van der Waals surface area contributed by atoms with Gasteiger partial charge in [-0.1, -0.05) is 27.3 Å². The van der Waals surface area contributed by atoms with Crippen molar-refractivity contribution in [2.24, 2.45) is 4.99 Å². The first-order valence-corrected chi connectivity index (χ1v) is 17.7. The second kappa shape index (κ2) is 14.9. The molecule has 3 aromatic carbocycles. The molecule has 0 bridgehead atoms. The molecule has 4 aromatic rings. The Bertz CT molecular complexity index is 2090. The SMILES string of the molecule is CCOC(=O)C1=C(C)N=c2s/c(=C\c3cc(I)c(OCc4ccc([N+](=O)[O-])cc4)c(I)c3)c(=O)n2[C@@H]1c1cc(OC)c(OC)cc1Br. The maximum absolute atomic E-state index is 14.2. The highest BCUT2D eigenvalue weighted by Gasteiger charge is 2.35. The van der Waals surface area contributed by atoms with Gasteiger partial charge in [-0.05, 0) is 118 Å². The van der Waals surface area contributed by atoms with Gasteiger partial charge in [-0.15, -0.1) is 0 Å². The second-order valence-corrected chi connectivity index (χ2v) is 14.2. The normalized spacial score (nSPS) is 14.4. The number of methoxy groups -OCH3 is 2. The Morgan fingerprint density at radius 3 is 2.34 bits per heavy atom. The Balaban J connectivity index is 1.56. The van der Waals surface area contributed by atoms with Crippen molar-refractivity contribution in [3.05, 3.63) is 118 Å². The van der Waals surface area contributed by atoms with Crippen LogP contribution in [0.2, 0.25) is 0 Å². The van der Waals surface area contributed by atoms with Crippen LogP contribution in [0.5, 0.6) is 17.2 Å². The van der Waals surface area contributed by atoms with Crippen LogP contribution in [0.25, 0.3) is 6.08 Å². The summed E-state index contributed by atoms with van der Waals surface area (Å²) in [5, 5.41) is 11.0. The molecule has 244 valence electrons. The first-order chi connectivity index (χ1) is 22.5. The minimum absolute atomic E-state index is 0.0162. The van der Waals surface area contributed by atoms with Crippen molar-refractivity contribution in [2.75, 3.05) is 20.8 Å². The Morgan fingerprint density at radius 1 is 1.11 bits per heavy atom. The Kier molecular flexibility index (Phi) is 11.1. The number of hydrogen-bond acceptors (Lipinski definition) is 10. The Labute approximate surface area is 308 Å². The zero-order valence-corrected chi connectivity index (χ0v) is 32.1. The number of aromatic nitrogens is 1. The Morgan fingerprint density at radius 2 is 1.74 bits per heavy atom. The fourth-order valence-corrected chi connectivity index (χ4v) is 8.70. The predicted molar refractivity (Wildman–Crippen MR) is 197 cm³/mol. The van der Waals surface area contributed by atoms with Gasteiger partial charge in [0.05, 0.1) is 54.7 Å². The highest BCUT2D eigenvalue weighted by atomic mass is 127. The van der Waals surface area contributed by atoms with Crippen molar-refractivity contribution in [1.82, 2.24) is 4.57 Å². The third-order valence-electron chi connectivity index (χ3n) is 7.16. The molecule has 1 aromatic heterocycles. The molecule has 0 saturated heterocycles. The average molecular weight is 946 g/mol. The number of nitro groups is 1. The Hall–Kier alpha value is -3.29. The van der Waals surface area contributed by atoms with E-state index in [1.807, 2.05) is 12.1 Å². The van der Waals surface area contributed by atoms with E-state index in [1.165, 1.54) is 42.3 Å². The van der Waals surface area contributed by atoms with Crippen molar-refractivity contribution in [2.45, 2.75) is 26.5 Å². The van der Waals surface area contributed by atoms with Crippen molar-refractivity contribution in [3.8, 4) is 17.2 Å². The molecule has 0 unspecified atom stereocenters. The van der Waals surface area contributed by atoms with Gasteiger partial charge < -0.3 is 18.9 Å². The molecule has 0 spiro atoms. The van der Waals surface area contributed by atoms with Gasteiger partial charge in [-0.2, -0.15) is 0 Å². The van der Waals surface area contributed by atoms with Crippen LogP contribution in [0.15, 0.2) is 74.1 Å². The van der Waals surface area contributed by atoms with E-state index in [4.69, 9.17) is 18.9 Å². The summed E-state index contributed by atoms with van der Waals surface area (Å²) in [6.45, 7) is 3.84. The van der Waals surface area contributed by atoms with Gasteiger partial charge in [0.2, 0.25) is 0 Å². The zero-order valence-electron chi connectivity index (χ0n) is 25.3. The lowest BCUT2D eigenvalue weighted by Gasteiger charge is -2.26. The van der Waals surface area contributed by atoms with E-state index in [0.29, 0.717) is 42.3 Å². The summed E-state index contributed by atoms with van der Waals surface area (Å²) in [5.41, 5.74) is 2.56. The molecule has 0 fully saturated rings. The van der Waals surface area contributed by atoms with E-state index < -0.39 is 16.9 Å². The van der Waals surface area contributed by atoms with Gasteiger partial charge >= 0.3 is 5.97 Å². The number of rotatable bonds is 10. The molecular formula is C32H26BrI2N3O8S. The molecular weight excluding hydrogens is 920 g/mol. The summed E-state index contributed by atoms with van der Waals surface area (Å²) in [5.74, 6) is 1.02. The lowest BCUT2D eigenvalue weighted by atomic mass is 9.95. The number of nitrogens with zero attached hydrogens (tertiary/aromatic N) is 3. The first-order valence-electron chi connectivity index (χ1n) is 13.9. The molecule has 1 atom stereocenters. The number of thiazole rings is 1. The van der Waals surface area contributed by atoms with Crippen LogP contribution in [0.3, 0.4) is 0 Å². The van der Waals surface area contributed by atoms with Gasteiger partial charge in [0, 0.05) is 16.6 Å². The number of ether oxygens (including phenoxy) is 4. The molecule has 1 aliphatic heterocycles. The molecule has 0 amide bonds. The lowest BCUT2D eigenvalue weighted by molar-refractivity contribution is -0.384. The minimum Gasteiger partial charge on any atom is -0.493 e. The molecule has 5 rings (SSSR count). The van der Waals surface area contributed by atoms with Gasteiger partial charge in [-0.25, -0.2) is 9.79 Å². The van der Waals surface area contributed by atoms with Crippen LogP contribution in [0.4, 0.5) is 5.69 Å². The number of nitro benzene ring substituents is 1. The second-order valence-electron chi connectivity index (χ2n) is 10.1. The number of carbonyl (C=O) groups excluding carboxylic acids is 1. The highest BCUT2D eigenvalue weighted by Crippen LogP contribution is 2.41. The van der Waals surface area contributed by atoms with Crippen LogP contribution in [0, 0.1) is 17.3 Å². The number of halogens is 3. The fraction of sp³-hybridized carbons (Fsp3) is 0.219. The van der Waals surface area contributed by atoms with Gasteiger partial charge in [0.15, 0.2) is 16.3 Å². The quantitative estimate of drug-likeness (QED) is 0.0787. The van der Waals surface area contributed by atoms with E-state index in [0.717, 1.165) is 18.3 Å². The number of fused-ring (bicyclic) bond motifs is 1. The van der Waals surface area contributed by atoms with E-state index in [9.17, 15) is 19.7 Å². The summed E-state index contributed by atoms with van der Waals surface area (Å²) < 4.78 is 26.7. The molecule has 2 heterocycles. The molecule has 1 aliphatic rings.